The molecule has 3 nitrogen and oxygen atoms in total. The molecule has 1 heterocycles. The first-order valence-electron chi connectivity index (χ1n) is 6.57. The number of nitrogens with zero attached hydrogens (tertiary/aromatic N) is 2. The van der Waals surface area contributed by atoms with E-state index in [9.17, 15) is 9.50 Å². The number of aliphatic hydroxyl groups excluding tert-OH is 1. The molecule has 0 fully saturated rings. The van der Waals surface area contributed by atoms with Gasteiger partial charge in [-0.05, 0) is 38.1 Å². The zero-order valence-electron chi connectivity index (χ0n) is 11.7. The Morgan fingerprint density at radius 3 is 2.90 bits per heavy atom. The highest BCUT2D eigenvalue weighted by atomic mass is 32.1. The standard InChI is InChI=1S/C15H19FN2OS/c1-11-17-14(10-20-11)9-18(2)7-6-15(19)12-4-3-5-13(16)8-12/h3-5,8,10,15,19H,6-7,9H2,1-2H3. The van der Waals surface area contributed by atoms with E-state index < -0.39 is 6.10 Å². The Kier molecular flexibility index (Phi) is 5.23. The number of rotatable bonds is 6. The third-order valence-electron chi connectivity index (χ3n) is 3.12. The summed E-state index contributed by atoms with van der Waals surface area (Å²) in [5.74, 6) is -0.312. The van der Waals surface area contributed by atoms with Gasteiger partial charge in [0.05, 0.1) is 16.8 Å². The molecule has 0 radical (unpaired) electrons. The number of thiazole rings is 1. The predicted octanol–water partition coefficient (Wildman–Crippen LogP) is 3.15. The summed E-state index contributed by atoms with van der Waals surface area (Å²) in [5.41, 5.74) is 1.68. The van der Waals surface area contributed by atoms with Crippen LogP contribution in [-0.4, -0.2) is 28.6 Å². The largest absolute Gasteiger partial charge is 0.388 e. The maximum absolute atomic E-state index is 13.1. The first-order chi connectivity index (χ1) is 9.54. The van der Waals surface area contributed by atoms with Gasteiger partial charge in [-0.25, -0.2) is 9.37 Å². The molecule has 0 bridgehead atoms. The van der Waals surface area contributed by atoms with Crippen molar-refractivity contribution in [1.29, 1.82) is 0 Å². The second kappa shape index (κ2) is 6.92. The average molecular weight is 294 g/mol. The fourth-order valence-corrected chi connectivity index (χ4v) is 2.66. The van der Waals surface area contributed by atoms with Crippen LogP contribution in [-0.2, 0) is 6.54 Å². The fraction of sp³-hybridized carbons (Fsp3) is 0.400. The minimum atomic E-state index is -0.634. The molecule has 1 aromatic heterocycles. The Labute approximate surface area is 122 Å². The average Bonchev–Trinajstić information content (AvgIpc) is 2.81. The minimum Gasteiger partial charge on any atom is -0.388 e. The molecule has 20 heavy (non-hydrogen) atoms. The summed E-state index contributed by atoms with van der Waals surface area (Å²) < 4.78 is 13.1. The molecule has 2 rings (SSSR count). The van der Waals surface area contributed by atoms with E-state index in [-0.39, 0.29) is 5.82 Å². The summed E-state index contributed by atoms with van der Waals surface area (Å²) in [7, 11) is 1.99. The van der Waals surface area contributed by atoms with Crippen LogP contribution in [0.15, 0.2) is 29.6 Å². The summed E-state index contributed by atoms with van der Waals surface area (Å²) in [4.78, 5) is 6.52. The van der Waals surface area contributed by atoms with Crippen molar-refractivity contribution in [3.63, 3.8) is 0 Å². The summed E-state index contributed by atoms with van der Waals surface area (Å²) >= 11 is 1.64. The second-order valence-electron chi connectivity index (χ2n) is 4.96. The number of hydrogen-bond acceptors (Lipinski definition) is 4. The van der Waals surface area contributed by atoms with Crippen LogP contribution in [0.4, 0.5) is 4.39 Å². The van der Waals surface area contributed by atoms with Crippen molar-refractivity contribution in [3.05, 3.63) is 51.7 Å². The van der Waals surface area contributed by atoms with E-state index in [4.69, 9.17) is 0 Å². The zero-order chi connectivity index (χ0) is 14.5. The molecule has 0 amide bonds. The van der Waals surface area contributed by atoms with Gasteiger partial charge >= 0.3 is 0 Å². The van der Waals surface area contributed by atoms with Gasteiger partial charge in [-0.1, -0.05) is 12.1 Å². The summed E-state index contributed by atoms with van der Waals surface area (Å²) in [6, 6.07) is 6.13. The molecule has 5 heteroatoms. The van der Waals surface area contributed by atoms with Crippen molar-refractivity contribution in [3.8, 4) is 0 Å². The van der Waals surface area contributed by atoms with Crippen LogP contribution in [0.5, 0.6) is 0 Å². The third-order valence-corrected chi connectivity index (χ3v) is 3.94. The molecule has 0 saturated heterocycles. The van der Waals surface area contributed by atoms with Crippen LogP contribution in [0.25, 0.3) is 0 Å². The molecule has 1 atom stereocenters. The van der Waals surface area contributed by atoms with Crippen LogP contribution in [0.1, 0.15) is 28.8 Å². The highest BCUT2D eigenvalue weighted by Crippen LogP contribution is 2.18. The van der Waals surface area contributed by atoms with E-state index in [0.29, 0.717) is 12.0 Å². The number of aryl methyl sites for hydroxylation is 1. The Morgan fingerprint density at radius 1 is 1.45 bits per heavy atom. The molecule has 1 N–H and O–H groups in total. The lowest BCUT2D eigenvalue weighted by Gasteiger charge is -2.18. The number of aromatic nitrogens is 1. The third kappa shape index (κ3) is 4.37. The van der Waals surface area contributed by atoms with Gasteiger partial charge in [0.25, 0.3) is 0 Å². The van der Waals surface area contributed by atoms with Crippen molar-refractivity contribution in [1.82, 2.24) is 9.88 Å². The van der Waals surface area contributed by atoms with Crippen molar-refractivity contribution in [2.24, 2.45) is 0 Å². The lowest BCUT2D eigenvalue weighted by molar-refractivity contribution is 0.147. The lowest BCUT2D eigenvalue weighted by atomic mass is 10.1. The number of halogens is 1. The van der Waals surface area contributed by atoms with E-state index in [0.717, 1.165) is 23.8 Å². The first-order valence-corrected chi connectivity index (χ1v) is 7.45. The SMILES string of the molecule is Cc1nc(CN(C)CCC(O)c2cccc(F)c2)cs1. The second-order valence-corrected chi connectivity index (χ2v) is 6.02. The van der Waals surface area contributed by atoms with Gasteiger partial charge in [0.1, 0.15) is 5.82 Å². The molecular formula is C15H19FN2OS. The molecule has 0 aliphatic rings. The Morgan fingerprint density at radius 2 is 2.25 bits per heavy atom. The van der Waals surface area contributed by atoms with Gasteiger partial charge in [-0.2, -0.15) is 0 Å². The molecule has 0 aliphatic carbocycles. The highest BCUT2D eigenvalue weighted by molar-refractivity contribution is 7.09. The van der Waals surface area contributed by atoms with E-state index in [1.807, 2.05) is 14.0 Å². The Balaban J connectivity index is 1.82. The topological polar surface area (TPSA) is 36.4 Å². The van der Waals surface area contributed by atoms with Gasteiger partial charge in [-0.15, -0.1) is 11.3 Å². The normalized spacial score (nSPS) is 12.8. The molecule has 1 aromatic carbocycles. The van der Waals surface area contributed by atoms with E-state index >= 15 is 0 Å². The summed E-state index contributed by atoms with van der Waals surface area (Å²) in [6.07, 6.45) is -0.0615. The monoisotopic (exact) mass is 294 g/mol. The minimum absolute atomic E-state index is 0.312. The van der Waals surface area contributed by atoms with Crippen LogP contribution in [0.3, 0.4) is 0 Å². The molecular weight excluding hydrogens is 275 g/mol. The quantitative estimate of drug-likeness (QED) is 0.889. The van der Waals surface area contributed by atoms with Crippen molar-refractivity contribution >= 4 is 11.3 Å². The molecule has 108 valence electrons. The van der Waals surface area contributed by atoms with Crippen molar-refractivity contribution < 1.29 is 9.50 Å². The smallest absolute Gasteiger partial charge is 0.123 e. The summed E-state index contributed by atoms with van der Waals surface area (Å²) in [6.45, 7) is 3.48. The van der Waals surface area contributed by atoms with Crippen LogP contribution >= 0.6 is 11.3 Å². The van der Waals surface area contributed by atoms with E-state index in [1.165, 1.54) is 12.1 Å². The molecule has 0 saturated carbocycles. The highest BCUT2D eigenvalue weighted by Gasteiger charge is 2.10. The van der Waals surface area contributed by atoms with Gasteiger partial charge in [0.15, 0.2) is 0 Å². The predicted molar refractivity (Wildman–Crippen MR) is 79.2 cm³/mol. The van der Waals surface area contributed by atoms with Crippen molar-refractivity contribution in [2.45, 2.75) is 26.0 Å². The van der Waals surface area contributed by atoms with Crippen molar-refractivity contribution in [2.75, 3.05) is 13.6 Å². The first kappa shape index (κ1) is 15.1. The Hall–Kier alpha value is -1.30. The maximum Gasteiger partial charge on any atom is 0.123 e. The lowest BCUT2D eigenvalue weighted by Crippen LogP contribution is -2.21. The molecule has 0 spiro atoms. The van der Waals surface area contributed by atoms with E-state index in [2.05, 4.69) is 15.3 Å². The number of hydrogen-bond donors (Lipinski definition) is 1. The van der Waals surface area contributed by atoms with E-state index in [1.54, 1.807) is 23.5 Å². The molecule has 2 aromatic rings. The fourth-order valence-electron chi connectivity index (χ4n) is 2.06. The van der Waals surface area contributed by atoms with Gasteiger partial charge in [0, 0.05) is 18.5 Å². The summed E-state index contributed by atoms with van der Waals surface area (Å²) in [5, 5.41) is 13.2. The molecule has 1 unspecified atom stereocenters. The van der Waals surface area contributed by atoms with Crippen LogP contribution < -0.4 is 0 Å². The van der Waals surface area contributed by atoms with Gasteiger partial charge in [-0.3, -0.25) is 0 Å². The number of benzene rings is 1. The number of aliphatic hydroxyl groups is 1. The molecule has 0 aliphatic heterocycles. The van der Waals surface area contributed by atoms with Gasteiger partial charge < -0.3 is 10.0 Å². The van der Waals surface area contributed by atoms with Crippen LogP contribution in [0.2, 0.25) is 0 Å². The van der Waals surface area contributed by atoms with Crippen LogP contribution in [0, 0.1) is 12.7 Å². The maximum atomic E-state index is 13.1. The zero-order valence-corrected chi connectivity index (χ0v) is 12.5. The van der Waals surface area contributed by atoms with Gasteiger partial charge in [0.2, 0.25) is 0 Å². The Bertz CT molecular complexity index is 558.